The van der Waals surface area contributed by atoms with Crippen molar-refractivity contribution in [1.82, 2.24) is 0 Å². The van der Waals surface area contributed by atoms with E-state index < -0.39 is 11.8 Å². The molecular weight excluding hydrogens is 249 g/mol. The molecule has 0 aliphatic carbocycles. The van der Waals surface area contributed by atoms with E-state index in [0.29, 0.717) is 5.02 Å². The van der Waals surface area contributed by atoms with Crippen LogP contribution < -0.4 is 5.32 Å². The highest BCUT2D eigenvalue weighted by atomic mass is 35.5. The first-order valence-electron chi connectivity index (χ1n) is 4.61. The number of anilines is 2. The van der Waals surface area contributed by atoms with Gasteiger partial charge in [-0.3, -0.25) is 0 Å². The Balaban J connectivity index is 2.25. The van der Waals surface area contributed by atoms with E-state index in [2.05, 4.69) is 5.32 Å². The molecular formula is C11H7ClFNO3. The quantitative estimate of drug-likeness (QED) is 0.881. The van der Waals surface area contributed by atoms with E-state index in [9.17, 15) is 9.18 Å². The summed E-state index contributed by atoms with van der Waals surface area (Å²) in [6, 6.07) is 6.65. The molecule has 1 heterocycles. The molecule has 6 heteroatoms. The van der Waals surface area contributed by atoms with Crippen molar-refractivity contribution in [2.45, 2.75) is 0 Å². The number of rotatable bonds is 3. The summed E-state index contributed by atoms with van der Waals surface area (Å²) in [6.07, 6.45) is 0. The monoisotopic (exact) mass is 255 g/mol. The second-order valence-corrected chi connectivity index (χ2v) is 3.65. The van der Waals surface area contributed by atoms with Crippen LogP contribution in [0.2, 0.25) is 5.02 Å². The Morgan fingerprint density at radius 1 is 1.35 bits per heavy atom. The number of furan rings is 1. The molecule has 0 amide bonds. The zero-order valence-electron chi connectivity index (χ0n) is 8.41. The molecule has 17 heavy (non-hydrogen) atoms. The van der Waals surface area contributed by atoms with Gasteiger partial charge in [-0.1, -0.05) is 11.6 Å². The summed E-state index contributed by atoms with van der Waals surface area (Å²) in [7, 11) is 0. The van der Waals surface area contributed by atoms with Crippen molar-refractivity contribution < 1.29 is 18.7 Å². The van der Waals surface area contributed by atoms with Gasteiger partial charge in [-0.15, -0.1) is 0 Å². The van der Waals surface area contributed by atoms with E-state index in [1.54, 1.807) is 0 Å². The standard InChI is InChI=1S/C11H7ClFNO3/c12-6-1-2-7(13)8(5-6)14-10-4-3-9(17-10)11(15)16/h1-5,14H,(H,15,16). The van der Waals surface area contributed by atoms with Crippen molar-refractivity contribution in [2.75, 3.05) is 5.32 Å². The van der Waals surface area contributed by atoms with Crippen molar-refractivity contribution in [3.8, 4) is 0 Å². The Kier molecular flexibility index (Phi) is 3.01. The van der Waals surface area contributed by atoms with Crippen LogP contribution in [0.3, 0.4) is 0 Å². The van der Waals surface area contributed by atoms with Gasteiger partial charge in [-0.25, -0.2) is 9.18 Å². The summed E-state index contributed by atoms with van der Waals surface area (Å²) in [4.78, 5) is 10.6. The maximum Gasteiger partial charge on any atom is 0.371 e. The van der Waals surface area contributed by atoms with Gasteiger partial charge in [0.15, 0.2) is 5.88 Å². The second-order valence-electron chi connectivity index (χ2n) is 3.22. The molecule has 0 unspecified atom stereocenters. The summed E-state index contributed by atoms with van der Waals surface area (Å²) < 4.78 is 18.3. The lowest BCUT2D eigenvalue weighted by atomic mass is 10.3. The first-order chi connectivity index (χ1) is 8.06. The van der Waals surface area contributed by atoms with Crippen LogP contribution in [-0.4, -0.2) is 11.1 Å². The molecule has 2 N–H and O–H groups in total. The predicted octanol–water partition coefficient (Wildman–Crippen LogP) is 3.51. The molecule has 0 fully saturated rings. The molecule has 0 bridgehead atoms. The van der Waals surface area contributed by atoms with Crippen molar-refractivity contribution in [3.63, 3.8) is 0 Å². The lowest BCUT2D eigenvalue weighted by Gasteiger charge is -2.04. The van der Waals surface area contributed by atoms with E-state index in [0.717, 1.165) is 0 Å². The van der Waals surface area contributed by atoms with E-state index in [4.69, 9.17) is 21.1 Å². The van der Waals surface area contributed by atoms with Crippen LogP contribution in [0.5, 0.6) is 0 Å². The molecule has 0 radical (unpaired) electrons. The number of carboxylic acids is 1. The molecule has 0 aliphatic heterocycles. The number of carboxylic acid groups (broad SMARTS) is 1. The molecule has 1 aromatic carbocycles. The molecule has 88 valence electrons. The normalized spacial score (nSPS) is 10.2. The van der Waals surface area contributed by atoms with Crippen molar-refractivity contribution in [1.29, 1.82) is 0 Å². The Morgan fingerprint density at radius 2 is 2.12 bits per heavy atom. The minimum atomic E-state index is -1.19. The number of carbonyl (C=O) groups is 1. The highest BCUT2D eigenvalue weighted by Gasteiger charge is 2.10. The van der Waals surface area contributed by atoms with Gasteiger partial charge in [0, 0.05) is 11.1 Å². The largest absolute Gasteiger partial charge is 0.475 e. The Labute approximate surface area is 101 Å². The fraction of sp³-hybridized carbons (Fsp3) is 0. The third-order valence-electron chi connectivity index (χ3n) is 2.00. The SMILES string of the molecule is O=C(O)c1ccc(Nc2cc(Cl)ccc2F)o1. The zero-order chi connectivity index (χ0) is 12.4. The number of hydrogen-bond donors (Lipinski definition) is 2. The summed E-state index contributed by atoms with van der Waals surface area (Å²) in [5, 5.41) is 11.6. The Hall–Kier alpha value is -2.01. The minimum Gasteiger partial charge on any atom is -0.475 e. The van der Waals surface area contributed by atoms with Gasteiger partial charge in [0.2, 0.25) is 5.76 Å². The number of halogens is 2. The average molecular weight is 256 g/mol. The maximum absolute atomic E-state index is 13.3. The zero-order valence-corrected chi connectivity index (χ0v) is 9.16. The minimum absolute atomic E-state index is 0.115. The lowest BCUT2D eigenvalue weighted by Crippen LogP contribution is -1.94. The molecule has 2 aromatic rings. The molecule has 0 atom stereocenters. The summed E-state index contributed by atoms with van der Waals surface area (Å²) >= 11 is 5.71. The maximum atomic E-state index is 13.3. The van der Waals surface area contributed by atoms with Gasteiger partial charge < -0.3 is 14.8 Å². The van der Waals surface area contributed by atoms with Crippen LogP contribution in [0.15, 0.2) is 34.7 Å². The third kappa shape index (κ3) is 2.57. The molecule has 0 aliphatic rings. The third-order valence-corrected chi connectivity index (χ3v) is 2.24. The molecule has 1 aromatic heterocycles. The average Bonchev–Trinajstić information content (AvgIpc) is 2.72. The van der Waals surface area contributed by atoms with Gasteiger partial charge in [-0.05, 0) is 24.3 Å². The van der Waals surface area contributed by atoms with Crippen LogP contribution in [0, 0.1) is 5.82 Å². The summed E-state index contributed by atoms with van der Waals surface area (Å²) in [5.41, 5.74) is 0.115. The predicted molar refractivity (Wildman–Crippen MR) is 60.4 cm³/mol. The fourth-order valence-corrected chi connectivity index (χ4v) is 1.42. The number of hydrogen-bond acceptors (Lipinski definition) is 3. The lowest BCUT2D eigenvalue weighted by molar-refractivity contribution is 0.0663. The highest BCUT2D eigenvalue weighted by molar-refractivity contribution is 6.30. The van der Waals surface area contributed by atoms with Gasteiger partial charge in [-0.2, -0.15) is 0 Å². The molecule has 2 rings (SSSR count). The van der Waals surface area contributed by atoms with E-state index in [1.165, 1.54) is 30.3 Å². The van der Waals surface area contributed by atoms with Crippen molar-refractivity contribution in [3.05, 3.63) is 46.9 Å². The highest BCUT2D eigenvalue weighted by Crippen LogP contribution is 2.24. The van der Waals surface area contributed by atoms with E-state index in [1.807, 2.05) is 0 Å². The topological polar surface area (TPSA) is 62.5 Å². The van der Waals surface area contributed by atoms with Crippen LogP contribution in [0.1, 0.15) is 10.6 Å². The molecule has 4 nitrogen and oxygen atoms in total. The molecule has 0 saturated heterocycles. The number of nitrogens with one attached hydrogen (secondary N) is 1. The van der Waals surface area contributed by atoms with Gasteiger partial charge in [0.1, 0.15) is 5.82 Å². The van der Waals surface area contributed by atoms with Gasteiger partial charge in [0.05, 0.1) is 5.69 Å². The van der Waals surface area contributed by atoms with Gasteiger partial charge >= 0.3 is 5.97 Å². The van der Waals surface area contributed by atoms with Crippen LogP contribution in [0.25, 0.3) is 0 Å². The van der Waals surface area contributed by atoms with Gasteiger partial charge in [0.25, 0.3) is 0 Å². The summed E-state index contributed by atoms with van der Waals surface area (Å²) in [5.74, 6) is -1.80. The number of aromatic carboxylic acids is 1. The smallest absolute Gasteiger partial charge is 0.371 e. The second kappa shape index (κ2) is 4.47. The molecule has 0 saturated carbocycles. The van der Waals surface area contributed by atoms with E-state index >= 15 is 0 Å². The number of benzene rings is 1. The van der Waals surface area contributed by atoms with Crippen LogP contribution >= 0.6 is 11.6 Å². The first kappa shape index (κ1) is 11.5. The van der Waals surface area contributed by atoms with E-state index in [-0.39, 0.29) is 17.3 Å². The molecule has 0 spiro atoms. The van der Waals surface area contributed by atoms with Crippen LogP contribution in [-0.2, 0) is 0 Å². The van der Waals surface area contributed by atoms with Crippen molar-refractivity contribution in [2.24, 2.45) is 0 Å². The van der Waals surface area contributed by atoms with Crippen LogP contribution in [0.4, 0.5) is 16.0 Å². The Morgan fingerprint density at radius 3 is 2.76 bits per heavy atom. The fourth-order valence-electron chi connectivity index (χ4n) is 1.25. The first-order valence-corrected chi connectivity index (χ1v) is 4.99. The summed E-state index contributed by atoms with van der Waals surface area (Å²) in [6.45, 7) is 0. The van der Waals surface area contributed by atoms with Crippen molar-refractivity contribution >= 4 is 29.1 Å². The Bertz CT molecular complexity index is 568.